The molecular weight excluding hydrogens is 459 g/mol. The van der Waals surface area contributed by atoms with Gasteiger partial charge in [-0.15, -0.1) is 0 Å². The molecule has 0 aromatic rings. The molecule has 0 saturated heterocycles. The molecule has 0 aromatic heterocycles. The van der Waals surface area contributed by atoms with Crippen molar-refractivity contribution in [2.24, 2.45) is 0 Å². The van der Waals surface area contributed by atoms with E-state index in [-0.39, 0.29) is 72.4 Å². The number of hydrogen-bond acceptors (Lipinski definition) is 8. The Kier molecular flexibility index (Phi) is 30.7. The molecule has 0 rings (SSSR count). The number of aliphatic hydroxyl groups is 4. The van der Waals surface area contributed by atoms with Gasteiger partial charge in [-0.3, -0.25) is 19.2 Å². The van der Waals surface area contributed by atoms with E-state index >= 15 is 0 Å². The zero-order valence-corrected chi connectivity index (χ0v) is 20.7. The molecule has 0 fully saturated rings. The van der Waals surface area contributed by atoms with Gasteiger partial charge in [-0.25, -0.2) is 0 Å². The molecule has 9 heteroatoms. The number of carbonyl (C=O) groups is 4. The van der Waals surface area contributed by atoms with Crippen LogP contribution in [0.3, 0.4) is 0 Å². The summed E-state index contributed by atoms with van der Waals surface area (Å²) in [5.41, 5.74) is 0. The second-order valence-electron chi connectivity index (χ2n) is 5.59. The third-order valence-electron chi connectivity index (χ3n) is 1.65. The molecule has 0 aliphatic heterocycles. The molecule has 0 bridgehead atoms. The predicted octanol–water partition coefficient (Wildman–Crippen LogP) is 4.15. The quantitative estimate of drug-likeness (QED) is 0.338. The number of ketones is 4. The van der Waals surface area contributed by atoms with Gasteiger partial charge >= 0.3 is 0 Å². The maximum absolute atomic E-state index is 10.0. The molecule has 0 amide bonds. The summed E-state index contributed by atoms with van der Waals surface area (Å²) in [6.07, 6.45) is 4.67. The first-order chi connectivity index (χ1) is 12.5. The second kappa shape index (κ2) is 23.8. The largest absolute Gasteiger partial charge is 0.512 e. The van der Waals surface area contributed by atoms with Crippen LogP contribution in [0.4, 0.5) is 0 Å². The van der Waals surface area contributed by atoms with Gasteiger partial charge in [-0.1, -0.05) is 0 Å². The van der Waals surface area contributed by atoms with Crippen molar-refractivity contribution >= 4 is 23.1 Å². The van der Waals surface area contributed by atoms with Crippen molar-refractivity contribution < 1.29 is 65.8 Å². The summed E-state index contributed by atoms with van der Waals surface area (Å²) < 4.78 is 0. The average Bonchev–Trinajstić information content (AvgIpc) is 2.32. The van der Waals surface area contributed by atoms with Gasteiger partial charge in [0.1, 0.15) is 0 Å². The van der Waals surface area contributed by atoms with E-state index in [1.54, 1.807) is 0 Å². The third kappa shape index (κ3) is 76.9. The summed E-state index contributed by atoms with van der Waals surface area (Å²) >= 11 is 0. The van der Waals surface area contributed by atoms with Crippen LogP contribution < -0.4 is 0 Å². The van der Waals surface area contributed by atoms with Crippen LogP contribution in [-0.4, -0.2) is 43.6 Å². The predicted molar refractivity (Wildman–Crippen MR) is 108 cm³/mol. The van der Waals surface area contributed by atoms with Crippen LogP contribution in [0, 0.1) is 0 Å². The summed E-state index contributed by atoms with van der Waals surface area (Å²) in [5, 5.41) is 33.5. The smallest absolute Gasteiger partial charge is 0.155 e. The number of carbonyl (C=O) groups excluding carboxylic acids is 4. The maximum Gasteiger partial charge on any atom is 0.155 e. The van der Waals surface area contributed by atoms with Crippen LogP contribution in [0.1, 0.15) is 55.4 Å². The first-order valence-electron chi connectivity index (χ1n) is 8.02. The van der Waals surface area contributed by atoms with E-state index in [9.17, 15) is 19.2 Å². The molecule has 164 valence electrons. The van der Waals surface area contributed by atoms with Gasteiger partial charge in [-0.05, 0) is 55.4 Å². The van der Waals surface area contributed by atoms with Crippen molar-refractivity contribution in [1.82, 2.24) is 0 Å². The van der Waals surface area contributed by atoms with Crippen LogP contribution in [0.5, 0.6) is 0 Å². The molecule has 0 radical (unpaired) electrons. The summed E-state index contributed by atoms with van der Waals surface area (Å²) in [4.78, 5) is 40.1. The number of allylic oxidation sites excluding steroid dienone is 8. The minimum Gasteiger partial charge on any atom is -0.512 e. The molecule has 0 aliphatic carbocycles. The second-order valence-corrected chi connectivity index (χ2v) is 5.59. The van der Waals surface area contributed by atoms with Crippen LogP contribution in [0.25, 0.3) is 0 Å². The van der Waals surface area contributed by atoms with Gasteiger partial charge in [-0.2, -0.15) is 0 Å². The topological polar surface area (TPSA) is 149 Å². The Morgan fingerprint density at radius 3 is 0.517 bits per heavy atom. The van der Waals surface area contributed by atoms with Crippen molar-refractivity contribution in [3.8, 4) is 0 Å². The van der Waals surface area contributed by atoms with Gasteiger partial charge in [0, 0.05) is 50.5 Å². The molecule has 0 heterocycles. The standard InChI is InChI=1S/4C5H8O2.Zr/c4*1-4(6)3-5(2)7;/h4*3,6H,1-2H3;/b4*4-3-;. The first-order valence-corrected chi connectivity index (χ1v) is 8.02. The fourth-order valence-electron chi connectivity index (χ4n) is 1.18. The van der Waals surface area contributed by atoms with E-state index in [2.05, 4.69) is 0 Å². The van der Waals surface area contributed by atoms with Crippen molar-refractivity contribution in [3.05, 3.63) is 47.3 Å². The minimum absolute atomic E-state index is 0. The molecule has 0 aromatic carbocycles. The van der Waals surface area contributed by atoms with Crippen LogP contribution in [-0.2, 0) is 45.4 Å². The zero-order valence-electron chi connectivity index (χ0n) is 18.2. The van der Waals surface area contributed by atoms with E-state index in [0.717, 1.165) is 0 Å². The van der Waals surface area contributed by atoms with Crippen LogP contribution in [0.2, 0.25) is 0 Å². The monoisotopic (exact) mass is 490 g/mol. The van der Waals surface area contributed by atoms with Gasteiger partial charge < -0.3 is 20.4 Å². The Labute approximate surface area is 191 Å². The van der Waals surface area contributed by atoms with Crippen molar-refractivity contribution in [2.75, 3.05) is 0 Å². The Bertz CT molecular complexity index is 513. The molecule has 0 atom stereocenters. The van der Waals surface area contributed by atoms with E-state index in [0.29, 0.717) is 0 Å². The Morgan fingerprint density at radius 1 is 0.414 bits per heavy atom. The fourth-order valence-corrected chi connectivity index (χ4v) is 1.18. The van der Waals surface area contributed by atoms with E-state index in [4.69, 9.17) is 20.4 Å². The SMILES string of the molecule is CC(=O)/C=C(/C)O.CC(=O)/C=C(/C)O.CC(=O)/C=C(/C)O.CC(=O)/C=C(/C)O.[Zr]. The van der Waals surface area contributed by atoms with Gasteiger partial charge in [0.05, 0.1) is 23.0 Å². The average molecular weight is 492 g/mol. The molecule has 4 N–H and O–H groups in total. The Hall–Kier alpha value is -2.28. The molecule has 0 spiro atoms. The molecule has 0 saturated carbocycles. The Balaban J connectivity index is -0.0000000873. The van der Waals surface area contributed by atoms with Gasteiger partial charge in [0.2, 0.25) is 0 Å². The fraction of sp³-hybridized carbons (Fsp3) is 0.400. The van der Waals surface area contributed by atoms with E-state index in [1.807, 2.05) is 0 Å². The molecule has 8 nitrogen and oxygen atoms in total. The number of rotatable bonds is 4. The van der Waals surface area contributed by atoms with Crippen molar-refractivity contribution in [1.29, 1.82) is 0 Å². The molecular formula is C20H32O8Zr. The Morgan fingerprint density at radius 2 is 0.517 bits per heavy atom. The number of aliphatic hydroxyl groups excluding tert-OH is 4. The van der Waals surface area contributed by atoms with Crippen LogP contribution >= 0.6 is 0 Å². The zero-order chi connectivity index (χ0) is 23.4. The summed E-state index contributed by atoms with van der Waals surface area (Å²) in [6, 6.07) is 0. The van der Waals surface area contributed by atoms with Gasteiger partial charge in [0.25, 0.3) is 0 Å². The first kappa shape index (κ1) is 37.5. The van der Waals surface area contributed by atoms with Crippen molar-refractivity contribution in [2.45, 2.75) is 55.4 Å². The van der Waals surface area contributed by atoms with Gasteiger partial charge in [0.15, 0.2) is 23.1 Å². The molecule has 0 unspecified atom stereocenters. The van der Waals surface area contributed by atoms with E-state index < -0.39 is 0 Å². The number of hydrogen-bond donors (Lipinski definition) is 4. The summed E-state index contributed by atoms with van der Waals surface area (Å²) in [5.74, 6) is -0.250. The normalized spacial score (nSPS) is 11.0. The molecule has 0 aliphatic rings. The third-order valence-corrected chi connectivity index (χ3v) is 1.65. The van der Waals surface area contributed by atoms with Crippen LogP contribution in [0.15, 0.2) is 47.3 Å². The maximum atomic E-state index is 10.0. The summed E-state index contributed by atoms with van der Waals surface area (Å²) in [7, 11) is 0. The summed E-state index contributed by atoms with van der Waals surface area (Å²) in [6.45, 7) is 11.4. The minimum atomic E-state index is -0.125. The molecule has 29 heavy (non-hydrogen) atoms. The van der Waals surface area contributed by atoms with Crippen molar-refractivity contribution in [3.63, 3.8) is 0 Å². The van der Waals surface area contributed by atoms with E-state index in [1.165, 1.54) is 79.7 Å².